The van der Waals surface area contributed by atoms with Crippen LogP contribution in [0.5, 0.6) is 11.5 Å². The molecule has 0 fully saturated rings. The number of carbonyl (C=O) groups excluding carboxylic acids is 1. The van der Waals surface area contributed by atoms with Crippen molar-refractivity contribution in [1.82, 2.24) is 0 Å². The molecular formula is C17H13F6N3O5. The molecule has 0 saturated heterocycles. The molecule has 2 aromatic carbocycles. The number of benzene rings is 2. The first-order valence-electron chi connectivity index (χ1n) is 8.17. The lowest BCUT2D eigenvalue weighted by atomic mass is 10.2. The number of hydrogen-bond donors (Lipinski definition) is 2. The highest BCUT2D eigenvalue weighted by molar-refractivity contribution is 6.00. The van der Waals surface area contributed by atoms with Crippen LogP contribution in [0.4, 0.5) is 48.2 Å². The molecule has 168 valence electrons. The van der Waals surface area contributed by atoms with Gasteiger partial charge < -0.3 is 20.1 Å². The molecule has 14 heteroatoms. The maximum Gasteiger partial charge on any atom is 0.422 e. The zero-order valence-electron chi connectivity index (χ0n) is 15.2. The summed E-state index contributed by atoms with van der Waals surface area (Å²) in [5.74, 6) is -0.995. The van der Waals surface area contributed by atoms with Crippen molar-refractivity contribution < 1.29 is 45.5 Å². The van der Waals surface area contributed by atoms with Crippen LogP contribution in [-0.2, 0) is 0 Å². The Morgan fingerprint density at radius 2 is 1.29 bits per heavy atom. The fraction of sp³-hybridized carbons (Fsp3) is 0.235. The minimum Gasteiger partial charge on any atom is -0.484 e. The SMILES string of the molecule is O=C(Nc1ccc([N+](=O)[O-])cc1)Nc1cc(OCC(F)(F)F)cc(OCC(F)(F)F)c1. The molecule has 0 heterocycles. The third-order valence-corrected chi connectivity index (χ3v) is 3.28. The molecule has 0 radical (unpaired) electrons. The molecule has 0 aliphatic carbocycles. The van der Waals surface area contributed by atoms with E-state index in [1.165, 1.54) is 12.1 Å². The molecule has 0 aliphatic heterocycles. The second-order valence-corrected chi connectivity index (χ2v) is 5.88. The van der Waals surface area contributed by atoms with Gasteiger partial charge in [-0.2, -0.15) is 26.3 Å². The van der Waals surface area contributed by atoms with E-state index in [1.807, 2.05) is 0 Å². The molecule has 0 aromatic heterocycles. The fourth-order valence-electron chi connectivity index (χ4n) is 2.10. The molecule has 0 unspecified atom stereocenters. The summed E-state index contributed by atoms with van der Waals surface area (Å²) < 4.78 is 83.1. The van der Waals surface area contributed by atoms with Crippen molar-refractivity contribution in [3.63, 3.8) is 0 Å². The molecule has 0 aliphatic rings. The smallest absolute Gasteiger partial charge is 0.422 e. The Labute approximate surface area is 169 Å². The van der Waals surface area contributed by atoms with Gasteiger partial charge in [0.05, 0.1) is 4.92 Å². The Morgan fingerprint density at radius 3 is 1.71 bits per heavy atom. The van der Waals surface area contributed by atoms with Gasteiger partial charge >= 0.3 is 18.4 Å². The predicted molar refractivity (Wildman–Crippen MR) is 95.3 cm³/mol. The highest BCUT2D eigenvalue weighted by atomic mass is 19.4. The number of nitrogens with one attached hydrogen (secondary N) is 2. The van der Waals surface area contributed by atoms with E-state index in [0.717, 1.165) is 30.3 Å². The molecule has 2 amide bonds. The van der Waals surface area contributed by atoms with Crippen molar-refractivity contribution in [2.45, 2.75) is 12.4 Å². The summed E-state index contributed by atoms with van der Waals surface area (Å²) in [6.45, 7) is -3.44. The van der Waals surface area contributed by atoms with Crippen LogP contribution in [0.2, 0.25) is 0 Å². The summed E-state index contributed by atoms with van der Waals surface area (Å²) in [4.78, 5) is 22.0. The van der Waals surface area contributed by atoms with Gasteiger partial charge in [-0.3, -0.25) is 10.1 Å². The number of nitrogens with zero attached hydrogens (tertiary/aromatic N) is 1. The van der Waals surface area contributed by atoms with Gasteiger partial charge in [-0.05, 0) is 12.1 Å². The summed E-state index contributed by atoms with van der Waals surface area (Å²) in [6, 6.07) is 6.44. The van der Waals surface area contributed by atoms with Crippen LogP contribution in [0.15, 0.2) is 42.5 Å². The maximum absolute atomic E-state index is 12.4. The first-order valence-corrected chi connectivity index (χ1v) is 8.17. The zero-order chi connectivity index (χ0) is 23.2. The number of alkyl halides is 6. The van der Waals surface area contributed by atoms with Crippen molar-refractivity contribution >= 4 is 23.1 Å². The zero-order valence-corrected chi connectivity index (χ0v) is 15.2. The monoisotopic (exact) mass is 453 g/mol. The molecule has 31 heavy (non-hydrogen) atoms. The van der Waals surface area contributed by atoms with Crippen molar-refractivity contribution in [3.8, 4) is 11.5 Å². The Balaban J connectivity index is 2.14. The predicted octanol–water partition coefficient (Wildman–Crippen LogP) is 5.12. The van der Waals surface area contributed by atoms with E-state index >= 15 is 0 Å². The lowest BCUT2D eigenvalue weighted by Crippen LogP contribution is -2.21. The van der Waals surface area contributed by atoms with Crippen molar-refractivity contribution in [1.29, 1.82) is 0 Å². The minimum atomic E-state index is -4.70. The summed E-state index contributed by atoms with van der Waals surface area (Å²) in [5, 5.41) is 15.1. The number of nitro benzene ring substituents is 1. The molecule has 2 N–H and O–H groups in total. The quantitative estimate of drug-likeness (QED) is 0.344. The number of halogens is 6. The highest BCUT2D eigenvalue weighted by Gasteiger charge is 2.30. The number of hydrogen-bond acceptors (Lipinski definition) is 5. The minimum absolute atomic E-state index is 0.140. The number of urea groups is 1. The second-order valence-electron chi connectivity index (χ2n) is 5.88. The van der Waals surface area contributed by atoms with E-state index in [4.69, 9.17) is 0 Å². The maximum atomic E-state index is 12.4. The van der Waals surface area contributed by atoms with Crippen LogP contribution in [0.25, 0.3) is 0 Å². The first-order chi connectivity index (χ1) is 14.3. The average molecular weight is 453 g/mol. The topological polar surface area (TPSA) is 103 Å². The number of anilines is 2. The van der Waals surface area contributed by atoms with E-state index in [-0.39, 0.29) is 17.1 Å². The standard InChI is InChI=1S/C17H13F6N3O5/c18-16(19,20)8-30-13-5-11(6-14(7-13)31-9-17(21,22)23)25-15(27)24-10-1-3-12(4-2-10)26(28)29/h1-7H,8-9H2,(H2,24,25,27). The summed E-state index contributed by atoms with van der Waals surface area (Å²) in [7, 11) is 0. The number of non-ortho nitro benzene ring substituents is 1. The van der Waals surface area contributed by atoms with Crippen molar-refractivity contribution in [2.75, 3.05) is 23.8 Å². The van der Waals surface area contributed by atoms with Crippen LogP contribution >= 0.6 is 0 Å². The fourth-order valence-corrected chi connectivity index (χ4v) is 2.10. The molecule has 2 aromatic rings. The van der Waals surface area contributed by atoms with Crippen LogP contribution in [0.3, 0.4) is 0 Å². The number of ether oxygens (including phenoxy) is 2. The Bertz CT molecular complexity index is 895. The van der Waals surface area contributed by atoms with E-state index in [1.54, 1.807) is 0 Å². The lowest BCUT2D eigenvalue weighted by molar-refractivity contribution is -0.384. The Morgan fingerprint density at radius 1 is 0.839 bits per heavy atom. The lowest BCUT2D eigenvalue weighted by Gasteiger charge is -2.15. The molecule has 0 bridgehead atoms. The Hall–Kier alpha value is -3.71. The first kappa shape index (κ1) is 23.6. The summed E-state index contributed by atoms with van der Waals surface area (Å²) in [6.07, 6.45) is -9.41. The second kappa shape index (κ2) is 9.40. The van der Waals surface area contributed by atoms with Gasteiger partial charge in [0.25, 0.3) is 5.69 Å². The molecule has 0 atom stereocenters. The van der Waals surface area contributed by atoms with E-state index < -0.39 is 48.0 Å². The molecule has 0 saturated carbocycles. The molecular weight excluding hydrogens is 440 g/mol. The molecule has 8 nitrogen and oxygen atoms in total. The Kier molecular flexibility index (Phi) is 7.15. The number of amides is 2. The average Bonchev–Trinajstić information content (AvgIpc) is 2.64. The van der Waals surface area contributed by atoms with Gasteiger partial charge in [-0.25, -0.2) is 4.79 Å². The van der Waals surface area contributed by atoms with Crippen molar-refractivity contribution in [3.05, 3.63) is 52.6 Å². The van der Waals surface area contributed by atoms with Gasteiger partial charge in [-0.15, -0.1) is 0 Å². The van der Waals surface area contributed by atoms with Crippen LogP contribution in [0.1, 0.15) is 0 Å². The third-order valence-electron chi connectivity index (χ3n) is 3.28. The third kappa shape index (κ3) is 8.67. The number of rotatable bonds is 7. The van der Waals surface area contributed by atoms with Crippen LogP contribution in [-0.4, -0.2) is 36.5 Å². The van der Waals surface area contributed by atoms with E-state index in [9.17, 15) is 41.3 Å². The largest absolute Gasteiger partial charge is 0.484 e. The van der Waals surface area contributed by atoms with Gasteiger partial charge in [0.2, 0.25) is 0 Å². The highest BCUT2D eigenvalue weighted by Crippen LogP contribution is 2.29. The normalized spacial score (nSPS) is 11.5. The summed E-state index contributed by atoms with van der Waals surface area (Å²) in [5.41, 5.74) is -0.315. The van der Waals surface area contributed by atoms with Crippen molar-refractivity contribution in [2.24, 2.45) is 0 Å². The van der Waals surface area contributed by atoms with Gasteiger partial charge in [0, 0.05) is 41.7 Å². The number of nitro groups is 1. The van der Waals surface area contributed by atoms with Gasteiger partial charge in [0.15, 0.2) is 13.2 Å². The molecule has 2 rings (SSSR count). The molecule has 0 spiro atoms. The van der Waals surface area contributed by atoms with Crippen LogP contribution in [0, 0.1) is 10.1 Å². The summed E-state index contributed by atoms with van der Waals surface area (Å²) >= 11 is 0. The van der Waals surface area contributed by atoms with Gasteiger partial charge in [0.1, 0.15) is 11.5 Å². The van der Waals surface area contributed by atoms with Crippen LogP contribution < -0.4 is 20.1 Å². The van der Waals surface area contributed by atoms with E-state index in [2.05, 4.69) is 20.1 Å². The van der Waals surface area contributed by atoms with E-state index in [0.29, 0.717) is 0 Å². The number of carbonyl (C=O) groups is 1. The van der Waals surface area contributed by atoms with Gasteiger partial charge in [-0.1, -0.05) is 0 Å².